The number of hydrogen-bond acceptors (Lipinski definition) is 4. The summed E-state index contributed by atoms with van der Waals surface area (Å²) in [7, 11) is 0. The molecule has 0 bridgehead atoms. The molecule has 1 aliphatic carbocycles. The summed E-state index contributed by atoms with van der Waals surface area (Å²) in [4.78, 5) is 4.34. The molecule has 14 heavy (non-hydrogen) atoms. The van der Waals surface area contributed by atoms with Gasteiger partial charge in [0.15, 0.2) is 5.82 Å². The highest BCUT2D eigenvalue weighted by atomic mass is 16.5. The summed E-state index contributed by atoms with van der Waals surface area (Å²) < 4.78 is 5.21. The van der Waals surface area contributed by atoms with Gasteiger partial charge in [-0.1, -0.05) is 19.0 Å². The van der Waals surface area contributed by atoms with E-state index in [0.717, 1.165) is 18.2 Å². The van der Waals surface area contributed by atoms with Crippen LogP contribution in [0.4, 0.5) is 0 Å². The Hall–Kier alpha value is -0.900. The molecular formula is C10H17N3O. The van der Waals surface area contributed by atoms with E-state index < -0.39 is 0 Å². The van der Waals surface area contributed by atoms with Crippen LogP contribution in [-0.2, 0) is 0 Å². The molecule has 0 aliphatic heterocycles. The Kier molecular flexibility index (Phi) is 2.54. The molecule has 1 fully saturated rings. The van der Waals surface area contributed by atoms with E-state index in [2.05, 4.69) is 17.1 Å². The molecule has 4 nitrogen and oxygen atoms in total. The molecule has 78 valence electrons. The Morgan fingerprint density at radius 2 is 2.29 bits per heavy atom. The summed E-state index contributed by atoms with van der Waals surface area (Å²) >= 11 is 0. The van der Waals surface area contributed by atoms with Gasteiger partial charge in [-0.05, 0) is 25.2 Å². The van der Waals surface area contributed by atoms with Gasteiger partial charge in [-0.2, -0.15) is 4.98 Å². The second kappa shape index (κ2) is 3.69. The first-order chi connectivity index (χ1) is 6.72. The maximum absolute atomic E-state index is 5.81. The average molecular weight is 195 g/mol. The first kappa shape index (κ1) is 9.65. The van der Waals surface area contributed by atoms with Gasteiger partial charge < -0.3 is 10.3 Å². The molecule has 1 saturated carbocycles. The monoisotopic (exact) mass is 195 g/mol. The van der Waals surface area contributed by atoms with E-state index in [0.29, 0.717) is 11.7 Å². The zero-order valence-electron chi connectivity index (χ0n) is 8.73. The summed E-state index contributed by atoms with van der Waals surface area (Å²) in [6.07, 6.45) is 3.42. The predicted octanol–water partition coefficient (Wildman–Crippen LogP) is 1.99. The van der Waals surface area contributed by atoms with Crippen LogP contribution in [0.5, 0.6) is 0 Å². The van der Waals surface area contributed by atoms with Gasteiger partial charge in [0.2, 0.25) is 5.89 Å². The molecule has 1 aromatic rings. The predicted molar refractivity (Wildman–Crippen MR) is 52.7 cm³/mol. The lowest BCUT2D eigenvalue weighted by molar-refractivity contribution is 0.342. The third-order valence-corrected chi connectivity index (χ3v) is 2.95. The Bertz CT molecular complexity index is 306. The van der Waals surface area contributed by atoms with E-state index in [1.165, 1.54) is 12.8 Å². The standard InChI is InChI=1S/C10H17N3O/c1-3-8(11)9-12-10(14-13-9)6(2)7-4-5-7/h6-8H,3-5,11H2,1-2H3. The van der Waals surface area contributed by atoms with E-state index in [-0.39, 0.29) is 6.04 Å². The summed E-state index contributed by atoms with van der Waals surface area (Å²) in [5.74, 6) is 2.56. The minimum atomic E-state index is -0.0843. The van der Waals surface area contributed by atoms with Crippen LogP contribution >= 0.6 is 0 Å². The van der Waals surface area contributed by atoms with Gasteiger partial charge in [0, 0.05) is 5.92 Å². The van der Waals surface area contributed by atoms with Crippen molar-refractivity contribution in [3.8, 4) is 0 Å². The average Bonchev–Trinajstić information content (AvgIpc) is 2.93. The second-order valence-electron chi connectivity index (χ2n) is 4.13. The molecule has 0 aromatic carbocycles. The Morgan fingerprint density at radius 1 is 1.57 bits per heavy atom. The highest BCUT2D eigenvalue weighted by molar-refractivity contribution is 5.01. The lowest BCUT2D eigenvalue weighted by atomic mass is 10.1. The molecule has 1 heterocycles. The fourth-order valence-electron chi connectivity index (χ4n) is 1.56. The van der Waals surface area contributed by atoms with Gasteiger partial charge in [0.1, 0.15) is 0 Å². The molecule has 0 saturated heterocycles. The highest BCUT2D eigenvalue weighted by Gasteiger charge is 2.32. The lowest BCUT2D eigenvalue weighted by Gasteiger charge is -2.02. The van der Waals surface area contributed by atoms with Gasteiger partial charge in [-0.3, -0.25) is 0 Å². The maximum Gasteiger partial charge on any atom is 0.229 e. The van der Waals surface area contributed by atoms with Gasteiger partial charge in [-0.25, -0.2) is 0 Å². The van der Waals surface area contributed by atoms with E-state index in [1.54, 1.807) is 0 Å². The summed E-state index contributed by atoms with van der Waals surface area (Å²) in [5, 5.41) is 3.91. The van der Waals surface area contributed by atoms with E-state index in [1.807, 2.05) is 6.92 Å². The van der Waals surface area contributed by atoms with E-state index in [4.69, 9.17) is 10.3 Å². The Morgan fingerprint density at radius 3 is 2.86 bits per heavy atom. The van der Waals surface area contributed by atoms with Gasteiger partial charge >= 0.3 is 0 Å². The van der Waals surface area contributed by atoms with Crippen LogP contribution in [0.3, 0.4) is 0 Å². The van der Waals surface area contributed by atoms with Crippen molar-refractivity contribution in [2.45, 2.75) is 45.1 Å². The van der Waals surface area contributed by atoms with Crippen molar-refractivity contribution in [3.63, 3.8) is 0 Å². The van der Waals surface area contributed by atoms with Crippen LogP contribution in [0.15, 0.2) is 4.52 Å². The van der Waals surface area contributed by atoms with Crippen LogP contribution in [0, 0.1) is 5.92 Å². The maximum atomic E-state index is 5.81. The minimum Gasteiger partial charge on any atom is -0.339 e. The number of hydrogen-bond donors (Lipinski definition) is 1. The molecule has 2 atom stereocenters. The number of aromatic nitrogens is 2. The summed E-state index contributed by atoms with van der Waals surface area (Å²) in [6, 6.07) is -0.0843. The van der Waals surface area contributed by atoms with Crippen molar-refractivity contribution in [3.05, 3.63) is 11.7 Å². The van der Waals surface area contributed by atoms with Gasteiger partial charge in [0.05, 0.1) is 6.04 Å². The lowest BCUT2D eigenvalue weighted by Crippen LogP contribution is -2.10. The summed E-state index contributed by atoms with van der Waals surface area (Å²) in [6.45, 7) is 4.16. The zero-order valence-corrected chi connectivity index (χ0v) is 8.73. The Balaban J connectivity index is 2.08. The largest absolute Gasteiger partial charge is 0.339 e. The molecule has 4 heteroatoms. The second-order valence-corrected chi connectivity index (χ2v) is 4.13. The van der Waals surface area contributed by atoms with Crippen LogP contribution < -0.4 is 5.73 Å². The number of nitrogens with two attached hydrogens (primary N) is 1. The fourth-order valence-corrected chi connectivity index (χ4v) is 1.56. The van der Waals surface area contributed by atoms with Crippen LogP contribution in [0.25, 0.3) is 0 Å². The van der Waals surface area contributed by atoms with Crippen molar-refractivity contribution < 1.29 is 4.52 Å². The van der Waals surface area contributed by atoms with E-state index >= 15 is 0 Å². The SMILES string of the molecule is CCC(N)c1noc(C(C)C2CC2)n1. The van der Waals surface area contributed by atoms with Crippen LogP contribution in [0.2, 0.25) is 0 Å². The first-order valence-electron chi connectivity index (χ1n) is 5.31. The van der Waals surface area contributed by atoms with Crippen molar-refractivity contribution in [1.29, 1.82) is 0 Å². The third kappa shape index (κ3) is 1.80. The smallest absolute Gasteiger partial charge is 0.229 e. The van der Waals surface area contributed by atoms with Crippen molar-refractivity contribution in [2.24, 2.45) is 11.7 Å². The third-order valence-electron chi connectivity index (χ3n) is 2.95. The zero-order chi connectivity index (χ0) is 10.1. The van der Waals surface area contributed by atoms with E-state index in [9.17, 15) is 0 Å². The highest BCUT2D eigenvalue weighted by Crippen LogP contribution is 2.41. The number of rotatable bonds is 4. The molecule has 2 rings (SSSR count). The normalized spacial score (nSPS) is 20.8. The molecule has 0 amide bonds. The Labute approximate surface area is 83.9 Å². The fraction of sp³-hybridized carbons (Fsp3) is 0.800. The molecule has 0 spiro atoms. The summed E-state index contributed by atoms with van der Waals surface area (Å²) in [5.41, 5.74) is 5.81. The van der Waals surface area contributed by atoms with Crippen molar-refractivity contribution >= 4 is 0 Å². The quantitative estimate of drug-likeness (QED) is 0.798. The molecular weight excluding hydrogens is 178 g/mol. The van der Waals surface area contributed by atoms with Gasteiger partial charge in [-0.15, -0.1) is 0 Å². The molecule has 1 aliphatic rings. The minimum absolute atomic E-state index is 0.0843. The van der Waals surface area contributed by atoms with Crippen LogP contribution in [0.1, 0.15) is 56.8 Å². The number of nitrogens with zero attached hydrogens (tertiary/aromatic N) is 2. The molecule has 0 radical (unpaired) electrons. The van der Waals surface area contributed by atoms with Crippen LogP contribution in [-0.4, -0.2) is 10.1 Å². The van der Waals surface area contributed by atoms with Crippen molar-refractivity contribution in [1.82, 2.24) is 10.1 Å². The molecule has 2 N–H and O–H groups in total. The topological polar surface area (TPSA) is 64.9 Å². The first-order valence-corrected chi connectivity index (χ1v) is 5.31. The molecule has 2 unspecified atom stereocenters. The van der Waals surface area contributed by atoms with Gasteiger partial charge in [0.25, 0.3) is 0 Å². The molecule has 1 aromatic heterocycles. The van der Waals surface area contributed by atoms with Crippen molar-refractivity contribution in [2.75, 3.05) is 0 Å².